The number of nitriles is 1. The highest BCUT2D eigenvalue weighted by molar-refractivity contribution is 5.04. The molecule has 0 aromatic rings. The van der Waals surface area contributed by atoms with Crippen LogP contribution in [0.4, 0.5) is 13.2 Å². The number of halogens is 3. The van der Waals surface area contributed by atoms with Crippen LogP contribution in [0.2, 0.25) is 0 Å². The highest BCUT2D eigenvalue weighted by Gasteiger charge is 2.31. The van der Waals surface area contributed by atoms with E-state index in [0.717, 1.165) is 0 Å². The molecule has 0 amide bonds. The van der Waals surface area contributed by atoms with E-state index in [2.05, 4.69) is 11.4 Å². The molecule has 0 saturated carbocycles. The summed E-state index contributed by atoms with van der Waals surface area (Å²) in [5.41, 5.74) is -0.785. The number of nitrogens with zero attached hydrogens (tertiary/aromatic N) is 2. The minimum Gasteiger partial charge on any atom is -0.297 e. The van der Waals surface area contributed by atoms with Gasteiger partial charge in [0.2, 0.25) is 0 Å². The van der Waals surface area contributed by atoms with Gasteiger partial charge in [-0.3, -0.25) is 10.2 Å². The van der Waals surface area contributed by atoms with Crippen LogP contribution in [0.3, 0.4) is 0 Å². The lowest BCUT2D eigenvalue weighted by molar-refractivity contribution is -0.145. The van der Waals surface area contributed by atoms with E-state index >= 15 is 0 Å². The van der Waals surface area contributed by atoms with Crippen molar-refractivity contribution in [2.75, 3.05) is 19.6 Å². The summed E-state index contributed by atoms with van der Waals surface area (Å²) in [6.07, 6.45) is -3.82. The first-order valence-corrected chi connectivity index (χ1v) is 6.10. The van der Waals surface area contributed by atoms with Gasteiger partial charge in [0, 0.05) is 12.6 Å². The van der Waals surface area contributed by atoms with Crippen molar-refractivity contribution in [2.24, 2.45) is 0 Å². The molecule has 1 unspecified atom stereocenters. The van der Waals surface area contributed by atoms with Crippen LogP contribution in [-0.2, 0) is 0 Å². The number of hydrogen-bond donors (Lipinski definition) is 1. The van der Waals surface area contributed by atoms with Crippen molar-refractivity contribution in [2.45, 2.75) is 51.9 Å². The lowest BCUT2D eigenvalue weighted by atomic mass is 9.98. The van der Waals surface area contributed by atoms with Crippen LogP contribution in [0.15, 0.2) is 0 Å². The predicted molar refractivity (Wildman–Crippen MR) is 65.1 cm³/mol. The monoisotopic (exact) mass is 265 g/mol. The molecular formula is C12H22F3N3. The highest BCUT2D eigenvalue weighted by Crippen LogP contribution is 2.18. The van der Waals surface area contributed by atoms with Crippen molar-refractivity contribution >= 4 is 0 Å². The second kappa shape index (κ2) is 6.95. The molecule has 0 aliphatic heterocycles. The fourth-order valence-corrected chi connectivity index (χ4v) is 1.78. The third-order valence-electron chi connectivity index (χ3n) is 2.63. The van der Waals surface area contributed by atoms with Crippen LogP contribution in [0.5, 0.6) is 0 Å². The molecule has 1 N–H and O–H groups in total. The maximum Gasteiger partial charge on any atom is 0.401 e. The Morgan fingerprint density at radius 2 is 1.89 bits per heavy atom. The van der Waals surface area contributed by atoms with E-state index in [9.17, 15) is 13.2 Å². The number of rotatable bonds is 7. The van der Waals surface area contributed by atoms with Gasteiger partial charge in [-0.2, -0.15) is 18.4 Å². The second-order valence-corrected chi connectivity index (χ2v) is 4.98. The van der Waals surface area contributed by atoms with Gasteiger partial charge >= 0.3 is 6.18 Å². The Balaban J connectivity index is 4.38. The van der Waals surface area contributed by atoms with E-state index in [4.69, 9.17) is 5.26 Å². The molecule has 0 spiro atoms. The van der Waals surface area contributed by atoms with Crippen LogP contribution in [0.1, 0.15) is 34.1 Å². The Bertz CT molecular complexity index is 283. The van der Waals surface area contributed by atoms with Gasteiger partial charge in [0.15, 0.2) is 0 Å². The van der Waals surface area contributed by atoms with Gasteiger partial charge in [-0.1, -0.05) is 6.92 Å². The fourth-order valence-electron chi connectivity index (χ4n) is 1.78. The number of hydrogen-bond acceptors (Lipinski definition) is 3. The van der Waals surface area contributed by atoms with Gasteiger partial charge in [0.25, 0.3) is 0 Å². The molecule has 0 aromatic carbocycles. The van der Waals surface area contributed by atoms with Crippen LogP contribution in [0, 0.1) is 11.3 Å². The van der Waals surface area contributed by atoms with Crippen LogP contribution < -0.4 is 5.32 Å². The second-order valence-electron chi connectivity index (χ2n) is 4.98. The summed E-state index contributed by atoms with van der Waals surface area (Å²) < 4.78 is 36.8. The largest absolute Gasteiger partial charge is 0.401 e. The molecule has 0 saturated heterocycles. The summed E-state index contributed by atoms with van der Waals surface area (Å²) in [6.45, 7) is 6.86. The van der Waals surface area contributed by atoms with E-state index in [0.29, 0.717) is 13.0 Å². The number of alkyl halides is 3. The first kappa shape index (κ1) is 17.2. The first-order valence-electron chi connectivity index (χ1n) is 6.10. The average Bonchev–Trinajstić information content (AvgIpc) is 2.21. The summed E-state index contributed by atoms with van der Waals surface area (Å²) in [7, 11) is 0. The Hall–Kier alpha value is -0.800. The van der Waals surface area contributed by atoms with Gasteiger partial charge in [-0.15, -0.1) is 0 Å². The SMILES string of the molecule is CCN(CCC(C)(C#N)NC(C)C)CC(F)(F)F. The zero-order chi connectivity index (χ0) is 14.4. The molecule has 0 heterocycles. The van der Waals surface area contributed by atoms with Gasteiger partial charge < -0.3 is 0 Å². The van der Waals surface area contributed by atoms with Gasteiger partial charge in [0.05, 0.1) is 12.6 Å². The number of nitrogens with one attached hydrogen (secondary N) is 1. The molecule has 1 atom stereocenters. The molecule has 0 bridgehead atoms. The quantitative estimate of drug-likeness (QED) is 0.769. The van der Waals surface area contributed by atoms with Crippen LogP contribution in [0.25, 0.3) is 0 Å². The van der Waals surface area contributed by atoms with E-state index in [-0.39, 0.29) is 12.6 Å². The van der Waals surface area contributed by atoms with E-state index < -0.39 is 18.3 Å². The van der Waals surface area contributed by atoms with Gasteiger partial charge in [-0.25, -0.2) is 0 Å². The van der Waals surface area contributed by atoms with Crippen molar-refractivity contribution in [3.8, 4) is 6.07 Å². The average molecular weight is 265 g/mol. The van der Waals surface area contributed by atoms with E-state index in [1.165, 1.54) is 4.90 Å². The predicted octanol–water partition coefficient (Wildman–Crippen LogP) is 2.54. The summed E-state index contributed by atoms with van der Waals surface area (Å²) in [5.74, 6) is 0. The Morgan fingerprint density at radius 1 is 1.33 bits per heavy atom. The fraction of sp³-hybridized carbons (Fsp3) is 0.917. The lowest BCUT2D eigenvalue weighted by Gasteiger charge is -2.29. The summed E-state index contributed by atoms with van der Waals surface area (Å²) in [4.78, 5) is 1.30. The third kappa shape index (κ3) is 7.51. The van der Waals surface area contributed by atoms with Crippen LogP contribution >= 0.6 is 0 Å². The molecule has 0 fully saturated rings. The third-order valence-corrected chi connectivity index (χ3v) is 2.63. The van der Waals surface area contributed by atoms with Crippen molar-refractivity contribution in [1.82, 2.24) is 10.2 Å². The van der Waals surface area contributed by atoms with Crippen molar-refractivity contribution in [3.05, 3.63) is 0 Å². The molecule has 0 aliphatic rings. The highest BCUT2D eigenvalue weighted by atomic mass is 19.4. The Kier molecular flexibility index (Phi) is 6.64. The van der Waals surface area contributed by atoms with Gasteiger partial charge in [-0.05, 0) is 33.7 Å². The smallest absolute Gasteiger partial charge is 0.297 e. The molecule has 0 aliphatic carbocycles. The van der Waals surface area contributed by atoms with E-state index in [1.807, 2.05) is 13.8 Å². The minimum absolute atomic E-state index is 0.118. The molecule has 6 heteroatoms. The molecule has 106 valence electrons. The molecule has 18 heavy (non-hydrogen) atoms. The van der Waals surface area contributed by atoms with Crippen molar-refractivity contribution in [1.29, 1.82) is 5.26 Å². The topological polar surface area (TPSA) is 39.1 Å². The molecule has 3 nitrogen and oxygen atoms in total. The summed E-state index contributed by atoms with van der Waals surface area (Å²) in [6, 6.07) is 2.25. The molecule has 0 aromatic heterocycles. The Morgan fingerprint density at radius 3 is 2.22 bits per heavy atom. The molecule has 0 radical (unpaired) electrons. The Labute approximate surface area is 107 Å². The minimum atomic E-state index is -4.19. The zero-order valence-corrected chi connectivity index (χ0v) is 11.4. The first-order chi connectivity index (χ1) is 8.12. The van der Waals surface area contributed by atoms with Crippen molar-refractivity contribution < 1.29 is 13.2 Å². The normalized spacial score (nSPS) is 15.8. The summed E-state index contributed by atoms with van der Waals surface area (Å²) in [5, 5.41) is 12.2. The standard InChI is InChI=1S/C12H22F3N3/c1-5-18(9-12(13,14)15)7-6-11(4,8-16)17-10(2)3/h10,17H,5-7,9H2,1-4H3. The zero-order valence-electron chi connectivity index (χ0n) is 11.4. The maximum absolute atomic E-state index is 12.3. The molecular weight excluding hydrogens is 243 g/mol. The molecule has 0 rings (SSSR count). The van der Waals surface area contributed by atoms with E-state index in [1.54, 1.807) is 13.8 Å². The summed E-state index contributed by atoms with van der Waals surface area (Å²) >= 11 is 0. The maximum atomic E-state index is 12.3. The van der Waals surface area contributed by atoms with Crippen molar-refractivity contribution in [3.63, 3.8) is 0 Å². The lowest BCUT2D eigenvalue weighted by Crippen LogP contribution is -2.47. The van der Waals surface area contributed by atoms with Gasteiger partial charge in [0.1, 0.15) is 5.54 Å². The van der Waals surface area contributed by atoms with Crippen LogP contribution in [-0.4, -0.2) is 42.3 Å².